The van der Waals surface area contributed by atoms with Crippen molar-refractivity contribution < 1.29 is 14.7 Å². The van der Waals surface area contributed by atoms with E-state index in [-0.39, 0.29) is 0 Å². The lowest BCUT2D eigenvalue weighted by Crippen LogP contribution is -2.42. The van der Waals surface area contributed by atoms with Crippen LogP contribution in [-0.2, 0) is 9.59 Å². The maximum absolute atomic E-state index is 11.3. The third-order valence-electron chi connectivity index (χ3n) is 1.82. The van der Waals surface area contributed by atoms with E-state index in [2.05, 4.69) is 5.32 Å². The Kier molecular flexibility index (Phi) is 6.28. The van der Waals surface area contributed by atoms with E-state index in [1.807, 2.05) is 6.92 Å². The van der Waals surface area contributed by atoms with Crippen molar-refractivity contribution in [1.82, 2.24) is 5.32 Å². The molecule has 0 bridgehead atoms. The molecule has 82 valence electrons. The van der Waals surface area contributed by atoms with Gasteiger partial charge >= 0.3 is 5.97 Å². The predicted octanol–water partition coefficient (Wildman–Crippen LogP) is 1.37. The third kappa shape index (κ3) is 5.07. The quantitative estimate of drug-likeness (QED) is 0.666. The van der Waals surface area contributed by atoms with Crippen molar-refractivity contribution >= 4 is 23.5 Å². The molecule has 0 saturated carbocycles. The first-order valence-corrected chi connectivity index (χ1v) is 5.10. The molecule has 0 aliphatic rings. The van der Waals surface area contributed by atoms with Gasteiger partial charge in [0.05, 0.1) is 0 Å². The van der Waals surface area contributed by atoms with E-state index in [1.54, 1.807) is 0 Å². The van der Waals surface area contributed by atoms with Crippen LogP contribution in [0.15, 0.2) is 0 Å². The van der Waals surface area contributed by atoms with Crippen LogP contribution in [0.4, 0.5) is 0 Å². The normalized spacial score (nSPS) is 14.5. The minimum atomic E-state index is -1.06. The van der Waals surface area contributed by atoms with Gasteiger partial charge in [-0.1, -0.05) is 19.8 Å². The van der Waals surface area contributed by atoms with Crippen LogP contribution in [0, 0.1) is 0 Å². The number of carboxylic acid groups (broad SMARTS) is 1. The molecule has 0 fully saturated rings. The Hall–Kier alpha value is -0.770. The van der Waals surface area contributed by atoms with E-state index in [0.29, 0.717) is 6.42 Å². The SMILES string of the molecule is CCCCC(Cl)C(=O)NC(C)C(=O)O. The number of unbranched alkanes of at least 4 members (excludes halogenated alkanes) is 1. The fraction of sp³-hybridized carbons (Fsp3) is 0.778. The minimum absolute atomic E-state index is 0.407. The van der Waals surface area contributed by atoms with Gasteiger partial charge in [-0.25, -0.2) is 0 Å². The zero-order valence-corrected chi connectivity index (χ0v) is 9.17. The molecule has 2 unspecified atom stereocenters. The lowest BCUT2D eigenvalue weighted by atomic mass is 10.2. The van der Waals surface area contributed by atoms with Gasteiger partial charge in [0.15, 0.2) is 0 Å². The van der Waals surface area contributed by atoms with Crippen LogP contribution in [0.1, 0.15) is 33.1 Å². The Morgan fingerprint density at radius 1 is 1.50 bits per heavy atom. The molecule has 4 nitrogen and oxygen atoms in total. The standard InChI is InChI=1S/C9H16ClNO3/c1-3-4-5-7(10)8(12)11-6(2)9(13)14/h6-7H,3-5H2,1-2H3,(H,11,12)(H,13,14). The van der Waals surface area contributed by atoms with Crippen molar-refractivity contribution in [3.05, 3.63) is 0 Å². The van der Waals surface area contributed by atoms with Gasteiger partial charge in [-0.2, -0.15) is 0 Å². The molecule has 0 spiro atoms. The number of hydrogen-bond donors (Lipinski definition) is 2. The van der Waals surface area contributed by atoms with Crippen LogP contribution in [0.5, 0.6) is 0 Å². The molecule has 0 aromatic rings. The number of hydrogen-bond acceptors (Lipinski definition) is 2. The van der Waals surface area contributed by atoms with Crippen molar-refractivity contribution in [3.8, 4) is 0 Å². The Morgan fingerprint density at radius 2 is 2.07 bits per heavy atom. The van der Waals surface area contributed by atoms with E-state index >= 15 is 0 Å². The van der Waals surface area contributed by atoms with Gasteiger partial charge < -0.3 is 10.4 Å². The van der Waals surface area contributed by atoms with Crippen LogP contribution in [-0.4, -0.2) is 28.4 Å². The van der Waals surface area contributed by atoms with Gasteiger partial charge in [0.2, 0.25) is 5.91 Å². The van der Waals surface area contributed by atoms with E-state index < -0.39 is 23.3 Å². The average Bonchev–Trinajstić information content (AvgIpc) is 2.13. The highest BCUT2D eigenvalue weighted by molar-refractivity contribution is 6.30. The molecule has 0 rings (SSSR count). The van der Waals surface area contributed by atoms with E-state index in [9.17, 15) is 9.59 Å². The Morgan fingerprint density at radius 3 is 2.50 bits per heavy atom. The first-order chi connectivity index (χ1) is 6.49. The number of carboxylic acids is 1. The summed E-state index contributed by atoms with van der Waals surface area (Å²) < 4.78 is 0. The first-order valence-electron chi connectivity index (χ1n) is 4.66. The number of alkyl halides is 1. The highest BCUT2D eigenvalue weighted by Crippen LogP contribution is 2.07. The highest BCUT2D eigenvalue weighted by Gasteiger charge is 2.19. The fourth-order valence-corrected chi connectivity index (χ4v) is 1.10. The van der Waals surface area contributed by atoms with Crippen molar-refractivity contribution in [1.29, 1.82) is 0 Å². The second-order valence-corrected chi connectivity index (χ2v) is 3.71. The molecule has 0 aliphatic heterocycles. The van der Waals surface area contributed by atoms with Gasteiger partial charge in [-0.05, 0) is 13.3 Å². The van der Waals surface area contributed by atoms with E-state index in [0.717, 1.165) is 12.8 Å². The summed E-state index contributed by atoms with van der Waals surface area (Å²) in [6, 6.07) is -0.884. The van der Waals surface area contributed by atoms with Gasteiger partial charge in [-0.3, -0.25) is 9.59 Å². The number of aliphatic carboxylic acids is 1. The van der Waals surface area contributed by atoms with E-state index in [4.69, 9.17) is 16.7 Å². The van der Waals surface area contributed by atoms with Crippen LogP contribution in [0.25, 0.3) is 0 Å². The number of carbonyl (C=O) groups is 2. The summed E-state index contributed by atoms with van der Waals surface area (Å²) in [5.41, 5.74) is 0. The van der Waals surface area contributed by atoms with Crippen molar-refractivity contribution in [2.24, 2.45) is 0 Å². The molecule has 5 heteroatoms. The highest BCUT2D eigenvalue weighted by atomic mass is 35.5. The van der Waals surface area contributed by atoms with Gasteiger partial charge in [0, 0.05) is 0 Å². The molecule has 0 aromatic heterocycles. The maximum Gasteiger partial charge on any atom is 0.325 e. The second-order valence-electron chi connectivity index (χ2n) is 3.18. The molecule has 0 aromatic carbocycles. The summed E-state index contributed by atoms with van der Waals surface area (Å²) in [5, 5.41) is 10.2. The lowest BCUT2D eigenvalue weighted by Gasteiger charge is -2.12. The zero-order valence-electron chi connectivity index (χ0n) is 8.42. The lowest BCUT2D eigenvalue weighted by molar-refractivity contribution is -0.141. The van der Waals surface area contributed by atoms with Gasteiger partial charge in [0.25, 0.3) is 0 Å². The fourth-order valence-electron chi connectivity index (χ4n) is 0.880. The molecule has 0 radical (unpaired) electrons. The van der Waals surface area contributed by atoms with Crippen LogP contribution < -0.4 is 5.32 Å². The van der Waals surface area contributed by atoms with E-state index in [1.165, 1.54) is 6.92 Å². The summed E-state index contributed by atoms with van der Waals surface area (Å²) in [6.45, 7) is 3.41. The summed E-state index contributed by atoms with van der Waals surface area (Å²) in [5.74, 6) is -1.47. The second kappa shape index (κ2) is 6.65. The molecule has 0 aliphatic carbocycles. The summed E-state index contributed by atoms with van der Waals surface area (Å²) in [4.78, 5) is 21.7. The molecule has 0 heterocycles. The first kappa shape index (κ1) is 13.2. The maximum atomic E-state index is 11.3. The Labute approximate surface area is 88.6 Å². The smallest absolute Gasteiger partial charge is 0.325 e. The molecule has 1 amide bonds. The number of halogens is 1. The van der Waals surface area contributed by atoms with Crippen LogP contribution in [0.3, 0.4) is 0 Å². The summed E-state index contributed by atoms with van der Waals surface area (Å²) in [6.07, 6.45) is 2.41. The zero-order chi connectivity index (χ0) is 11.1. The number of amides is 1. The number of rotatable bonds is 6. The Balaban J connectivity index is 3.88. The summed E-state index contributed by atoms with van der Waals surface area (Å²) >= 11 is 5.75. The monoisotopic (exact) mass is 221 g/mol. The van der Waals surface area contributed by atoms with Crippen LogP contribution in [0.2, 0.25) is 0 Å². The Bertz CT molecular complexity index is 208. The molecule has 14 heavy (non-hydrogen) atoms. The van der Waals surface area contributed by atoms with Crippen molar-refractivity contribution in [2.45, 2.75) is 44.5 Å². The largest absolute Gasteiger partial charge is 0.480 e. The van der Waals surface area contributed by atoms with Gasteiger partial charge in [0.1, 0.15) is 11.4 Å². The molecule has 2 atom stereocenters. The van der Waals surface area contributed by atoms with Crippen molar-refractivity contribution in [2.75, 3.05) is 0 Å². The van der Waals surface area contributed by atoms with Crippen LogP contribution >= 0.6 is 11.6 Å². The molecular weight excluding hydrogens is 206 g/mol. The molecule has 0 saturated heterocycles. The molecule has 2 N–H and O–H groups in total. The third-order valence-corrected chi connectivity index (χ3v) is 2.24. The molecular formula is C9H16ClNO3. The van der Waals surface area contributed by atoms with Crippen molar-refractivity contribution in [3.63, 3.8) is 0 Å². The summed E-state index contributed by atoms with van der Waals surface area (Å²) in [7, 11) is 0. The number of nitrogens with one attached hydrogen (secondary N) is 1. The average molecular weight is 222 g/mol. The topological polar surface area (TPSA) is 66.4 Å². The van der Waals surface area contributed by atoms with Gasteiger partial charge in [-0.15, -0.1) is 11.6 Å². The predicted molar refractivity (Wildman–Crippen MR) is 54.4 cm³/mol. The number of carbonyl (C=O) groups excluding carboxylic acids is 1. The minimum Gasteiger partial charge on any atom is -0.480 e.